The summed E-state index contributed by atoms with van der Waals surface area (Å²) in [5, 5.41) is 4.11. The first-order valence-electron chi connectivity index (χ1n) is 11.6. The highest BCUT2D eigenvalue weighted by Gasteiger charge is 2.29. The molecule has 1 N–H and O–H groups in total. The van der Waals surface area contributed by atoms with E-state index in [2.05, 4.69) is 73.5 Å². The van der Waals surface area contributed by atoms with Crippen molar-refractivity contribution in [3.63, 3.8) is 0 Å². The number of fused-ring (bicyclic) bond motifs is 1. The lowest BCUT2D eigenvalue weighted by Gasteiger charge is -2.42. The lowest BCUT2D eigenvalue weighted by molar-refractivity contribution is -0.123. The van der Waals surface area contributed by atoms with Crippen molar-refractivity contribution in [2.45, 2.75) is 33.2 Å². The van der Waals surface area contributed by atoms with E-state index in [0.717, 1.165) is 23.2 Å². The highest BCUT2D eigenvalue weighted by atomic mass is 16.5. The lowest BCUT2D eigenvalue weighted by atomic mass is 9.88. The van der Waals surface area contributed by atoms with E-state index in [1.165, 1.54) is 16.8 Å². The molecule has 5 nitrogen and oxygen atoms in total. The molecule has 0 fully saturated rings. The zero-order chi connectivity index (χ0) is 24.1. The van der Waals surface area contributed by atoms with Gasteiger partial charge < -0.3 is 9.64 Å². The Morgan fingerprint density at radius 3 is 2.44 bits per heavy atom. The third-order valence-corrected chi connectivity index (χ3v) is 6.05. The van der Waals surface area contributed by atoms with Gasteiger partial charge in [0.15, 0.2) is 6.61 Å². The van der Waals surface area contributed by atoms with Crippen molar-refractivity contribution in [1.29, 1.82) is 0 Å². The third-order valence-electron chi connectivity index (χ3n) is 6.05. The highest BCUT2D eigenvalue weighted by molar-refractivity contribution is 5.88. The summed E-state index contributed by atoms with van der Waals surface area (Å²) in [7, 11) is 0. The maximum atomic E-state index is 12.2. The molecule has 0 saturated heterocycles. The lowest BCUT2D eigenvalue weighted by Crippen LogP contribution is -2.44. The van der Waals surface area contributed by atoms with Crippen LogP contribution in [-0.4, -0.2) is 30.8 Å². The molecule has 0 saturated carbocycles. The first-order chi connectivity index (χ1) is 16.4. The number of hydrogen-bond donors (Lipinski definition) is 1. The molecule has 5 heteroatoms. The molecule has 0 spiro atoms. The van der Waals surface area contributed by atoms with Crippen LogP contribution in [0.4, 0.5) is 5.69 Å². The predicted molar refractivity (Wildman–Crippen MR) is 140 cm³/mol. The number of ether oxygens (including phenoxy) is 1. The number of amides is 1. The van der Waals surface area contributed by atoms with Crippen LogP contribution in [0.5, 0.6) is 5.75 Å². The maximum Gasteiger partial charge on any atom is 0.277 e. The Morgan fingerprint density at radius 2 is 1.74 bits per heavy atom. The van der Waals surface area contributed by atoms with Gasteiger partial charge in [-0.25, -0.2) is 5.43 Å². The van der Waals surface area contributed by atoms with Crippen molar-refractivity contribution in [3.8, 4) is 16.9 Å². The number of carbonyl (C=O) groups excluding carboxylic acids is 1. The number of nitrogens with zero attached hydrogens (tertiary/aromatic N) is 2. The summed E-state index contributed by atoms with van der Waals surface area (Å²) in [5.41, 5.74) is 9.36. The second-order valence-electron chi connectivity index (χ2n) is 8.97. The molecule has 34 heavy (non-hydrogen) atoms. The van der Waals surface area contributed by atoms with Crippen LogP contribution in [0.2, 0.25) is 0 Å². The molecule has 0 atom stereocenters. The van der Waals surface area contributed by atoms with E-state index >= 15 is 0 Å². The van der Waals surface area contributed by atoms with Gasteiger partial charge in [0, 0.05) is 17.8 Å². The fraction of sp³-hybridized carbons (Fsp3) is 0.241. The Labute approximate surface area is 201 Å². The third kappa shape index (κ3) is 5.20. The fourth-order valence-corrected chi connectivity index (χ4v) is 4.49. The van der Waals surface area contributed by atoms with Crippen LogP contribution < -0.4 is 15.1 Å². The van der Waals surface area contributed by atoms with E-state index in [1.54, 1.807) is 6.21 Å². The average Bonchev–Trinajstić information content (AvgIpc) is 2.83. The average molecular weight is 454 g/mol. The predicted octanol–water partition coefficient (Wildman–Crippen LogP) is 5.90. The van der Waals surface area contributed by atoms with Crippen molar-refractivity contribution < 1.29 is 9.53 Å². The molecule has 174 valence electrons. The van der Waals surface area contributed by atoms with Gasteiger partial charge >= 0.3 is 0 Å². The molecule has 0 bridgehead atoms. The minimum absolute atomic E-state index is 0.0166. The SMILES string of the molecule is CCN1c2ccc(/C=N/NC(=O)COc3ccc(-c4ccccc4)cc3)cc2C(C)=CC1(C)C. The van der Waals surface area contributed by atoms with Crippen LogP contribution in [0.15, 0.2) is 84.0 Å². The van der Waals surface area contributed by atoms with Crippen molar-refractivity contribution in [3.05, 3.63) is 90.0 Å². The number of allylic oxidation sites excluding steroid dienone is 1. The fourth-order valence-electron chi connectivity index (χ4n) is 4.49. The number of benzene rings is 3. The summed E-state index contributed by atoms with van der Waals surface area (Å²) in [5.74, 6) is 0.329. The van der Waals surface area contributed by atoms with E-state index in [9.17, 15) is 4.79 Å². The summed E-state index contributed by atoms with van der Waals surface area (Å²) in [6, 6.07) is 24.1. The van der Waals surface area contributed by atoms with Gasteiger partial charge in [-0.05, 0) is 74.2 Å². The van der Waals surface area contributed by atoms with Gasteiger partial charge in [0.25, 0.3) is 5.91 Å². The van der Waals surface area contributed by atoms with Gasteiger partial charge in [-0.3, -0.25) is 4.79 Å². The number of anilines is 1. The van der Waals surface area contributed by atoms with Gasteiger partial charge in [-0.1, -0.05) is 54.6 Å². The zero-order valence-corrected chi connectivity index (χ0v) is 20.2. The summed E-state index contributed by atoms with van der Waals surface area (Å²) in [6.07, 6.45) is 3.96. The monoisotopic (exact) mass is 453 g/mol. The van der Waals surface area contributed by atoms with Crippen LogP contribution >= 0.6 is 0 Å². The standard InChI is InChI=1S/C29H31N3O2/c1-5-32-27-16-11-22(17-26(27)21(2)18-29(32,3)4)19-30-31-28(33)20-34-25-14-12-24(13-15-25)23-9-7-6-8-10-23/h6-19H,5,20H2,1-4H3,(H,31,33)/b30-19+. The Balaban J connectivity index is 1.33. The second-order valence-corrected chi connectivity index (χ2v) is 8.97. The molecule has 1 amide bonds. The number of rotatable bonds is 7. The number of nitrogens with one attached hydrogen (secondary N) is 1. The van der Waals surface area contributed by atoms with Crippen molar-refractivity contribution in [1.82, 2.24) is 5.43 Å². The molecule has 3 aromatic carbocycles. The molecular weight excluding hydrogens is 422 g/mol. The topological polar surface area (TPSA) is 53.9 Å². The summed E-state index contributed by atoms with van der Waals surface area (Å²) in [6.45, 7) is 9.60. The summed E-state index contributed by atoms with van der Waals surface area (Å²) in [4.78, 5) is 14.6. The maximum absolute atomic E-state index is 12.2. The number of carbonyl (C=O) groups is 1. The van der Waals surface area contributed by atoms with Gasteiger partial charge in [-0.2, -0.15) is 5.10 Å². The Morgan fingerprint density at radius 1 is 1.03 bits per heavy atom. The molecule has 1 heterocycles. The van der Waals surface area contributed by atoms with Crippen LogP contribution in [0.1, 0.15) is 38.8 Å². The quantitative estimate of drug-likeness (QED) is 0.358. The number of hydrogen-bond acceptors (Lipinski definition) is 4. The Hall–Kier alpha value is -3.86. The number of hydrazone groups is 1. The van der Waals surface area contributed by atoms with Gasteiger partial charge in [-0.15, -0.1) is 0 Å². The first kappa shape index (κ1) is 23.3. The Kier molecular flexibility index (Phi) is 6.82. The molecule has 3 aromatic rings. The normalized spacial score (nSPS) is 14.5. The Bertz CT molecular complexity index is 1210. The van der Waals surface area contributed by atoms with Gasteiger partial charge in [0.05, 0.1) is 11.8 Å². The van der Waals surface area contributed by atoms with Crippen LogP contribution in [-0.2, 0) is 4.79 Å². The molecular formula is C29H31N3O2. The molecule has 1 aliphatic heterocycles. The van der Waals surface area contributed by atoms with Gasteiger partial charge in [0.1, 0.15) is 5.75 Å². The smallest absolute Gasteiger partial charge is 0.277 e. The van der Waals surface area contributed by atoms with E-state index in [0.29, 0.717) is 5.75 Å². The van der Waals surface area contributed by atoms with Crippen LogP contribution in [0.3, 0.4) is 0 Å². The summed E-state index contributed by atoms with van der Waals surface area (Å²) < 4.78 is 5.59. The first-order valence-corrected chi connectivity index (χ1v) is 11.6. The molecule has 0 radical (unpaired) electrons. The van der Waals surface area contributed by atoms with Gasteiger partial charge in [0.2, 0.25) is 0 Å². The van der Waals surface area contributed by atoms with Crippen molar-refractivity contribution >= 4 is 23.4 Å². The van der Waals surface area contributed by atoms with E-state index in [1.807, 2.05) is 48.5 Å². The van der Waals surface area contributed by atoms with Crippen LogP contribution in [0, 0.1) is 0 Å². The van der Waals surface area contributed by atoms with Crippen LogP contribution in [0.25, 0.3) is 16.7 Å². The molecule has 1 aliphatic rings. The van der Waals surface area contributed by atoms with Crippen molar-refractivity contribution in [2.75, 3.05) is 18.1 Å². The second kappa shape index (κ2) is 9.96. The molecule has 4 rings (SSSR count). The molecule has 0 aromatic heterocycles. The molecule has 0 unspecified atom stereocenters. The van der Waals surface area contributed by atoms with Crippen molar-refractivity contribution in [2.24, 2.45) is 5.10 Å². The summed E-state index contributed by atoms with van der Waals surface area (Å²) >= 11 is 0. The highest BCUT2D eigenvalue weighted by Crippen LogP contribution is 2.38. The minimum atomic E-state index is -0.309. The number of likely N-dealkylation sites (N-methyl/N-ethyl adjacent to an activating group) is 1. The van der Waals surface area contributed by atoms with E-state index < -0.39 is 0 Å². The largest absolute Gasteiger partial charge is 0.484 e. The minimum Gasteiger partial charge on any atom is -0.484 e. The molecule has 0 aliphatic carbocycles. The van der Waals surface area contributed by atoms with E-state index in [4.69, 9.17) is 4.74 Å². The zero-order valence-electron chi connectivity index (χ0n) is 20.2. The van der Waals surface area contributed by atoms with E-state index in [-0.39, 0.29) is 18.1 Å².